The quantitative estimate of drug-likeness (QED) is 0.421. The van der Waals surface area contributed by atoms with E-state index in [-0.39, 0.29) is 5.91 Å². The highest BCUT2D eigenvalue weighted by Gasteiger charge is 2.39. The lowest BCUT2D eigenvalue weighted by atomic mass is 10.1. The van der Waals surface area contributed by atoms with Crippen molar-refractivity contribution < 1.29 is 9.53 Å². The first kappa shape index (κ1) is 21.6. The summed E-state index contributed by atoms with van der Waals surface area (Å²) in [6.07, 6.45) is 1.74. The van der Waals surface area contributed by atoms with Gasteiger partial charge in [-0.1, -0.05) is 30.0 Å². The van der Waals surface area contributed by atoms with E-state index in [0.29, 0.717) is 16.6 Å². The number of amidine groups is 1. The molecule has 2 aliphatic rings. The molecule has 1 fully saturated rings. The van der Waals surface area contributed by atoms with Gasteiger partial charge in [-0.15, -0.1) is 6.58 Å². The van der Waals surface area contributed by atoms with Crippen LogP contribution in [0.1, 0.15) is 18.1 Å². The van der Waals surface area contributed by atoms with E-state index in [1.807, 2.05) is 32.0 Å². The fourth-order valence-corrected chi connectivity index (χ4v) is 5.90. The molecule has 0 N–H and O–H groups in total. The number of benzene rings is 2. The highest BCUT2D eigenvalue weighted by Crippen LogP contribution is 2.51. The van der Waals surface area contributed by atoms with Gasteiger partial charge in [-0.25, -0.2) is 4.99 Å². The first-order chi connectivity index (χ1) is 15.0. The van der Waals surface area contributed by atoms with Crippen LogP contribution in [0.3, 0.4) is 0 Å². The van der Waals surface area contributed by atoms with E-state index < -0.39 is 0 Å². The third kappa shape index (κ3) is 4.00. The zero-order valence-electron chi connectivity index (χ0n) is 18.1. The minimum absolute atomic E-state index is 0.0327. The van der Waals surface area contributed by atoms with E-state index >= 15 is 0 Å². The lowest BCUT2D eigenvalue weighted by Crippen LogP contribution is -2.30. The molecule has 0 aromatic heterocycles. The number of carbonyl (C=O) groups excluding carboxylic acids is 1. The molecule has 2 aliphatic heterocycles. The van der Waals surface area contributed by atoms with Crippen molar-refractivity contribution in [2.75, 3.05) is 25.1 Å². The number of carbonyl (C=O) groups is 1. The van der Waals surface area contributed by atoms with Crippen molar-refractivity contribution in [2.24, 2.45) is 4.99 Å². The number of methoxy groups -OCH3 is 1. The van der Waals surface area contributed by atoms with Gasteiger partial charge >= 0.3 is 0 Å². The number of aryl methyl sites for hydroxylation is 2. The molecule has 0 spiro atoms. The van der Waals surface area contributed by atoms with Gasteiger partial charge in [0, 0.05) is 24.1 Å². The lowest BCUT2D eigenvalue weighted by Gasteiger charge is -2.19. The molecule has 0 radical (unpaired) electrons. The van der Waals surface area contributed by atoms with Crippen LogP contribution in [-0.4, -0.2) is 36.2 Å². The van der Waals surface area contributed by atoms with Crippen LogP contribution < -0.4 is 9.64 Å². The zero-order valence-corrected chi connectivity index (χ0v) is 19.8. The molecular formula is C24H25N3O2S2. The van der Waals surface area contributed by atoms with E-state index in [1.165, 1.54) is 11.8 Å². The second-order valence-corrected chi connectivity index (χ2v) is 9.31. The van der Waals surface area contributed by atoms with Crippen molar-refractivity contribution in [3.05, 3.63) is 70.1 Å². The number of fused-ring (bicyclic) bond motifs is 1. The summed E-state index contributed by atoms with van der Waals surface area (Å²) in [6, 6.07) is 12.2. The summed E-state index contributed by atoms with van der Waals surface area (Å²) < 4.78 is 5.40. The third-order valence-electron chi connectivity index (χ3n) is 5.18. The SMILES string of the molecule is C=CCN1C(=O)/C(=C2/Sc3ccc(OC)cc3N2CC)SC1=Nc1cc(C)ccc1C. The molecule has 0 saturated carbocycles. The van der Waals surface area contributed by atoms with Crippen molar-refractivity contribution >= 4 is 46.0 Å². The van der Waals surface area contributed by atoms with Crippen LogP contribution in [0.15, 0.2) is 68.9 Å². The lowest BCUT2D eigenvalue weighted by molar-refractivity contribution is -0.121. The Morgan fingerprint density at radius 2 is 1.94 bits per heavy atom. The summed E-state index contributed by atoms with van der Waals surface area (Å²) in [5.74, 6) is 0.773. The van der Waals surface area contributed by atoms with E-state index in [4.69, 9.17) is 9.73 Å². The third-order valence-corrected chi connectivity index (χ3v) is 7.55. The number of ether oxygens (including phenoxy) is 1. The van der Waals surface area contributed by atoms with Crippen molar-refractivity contribution in [1.82, 2.24) is 4.90 Å². The summed E-state index contributed by atoms with van der Waals surface area (Å²) in [6.45, 7) is 11.2. The maximum Gasteiger partial charge on any atom is 0.269 e. The summed E-state index contributed by atoms with van der Waals surface area (Å²) in [4.78, 5) is 24.0. The number of thioether (sulfide) groups is 2. The molecule has 1 saturated heterocycles. The molecule has 31 heavy (non-hydrogen) atoms. The number of anilines is 1. The average Bonchev–Trinajstić information content (AvgIpc) is 3.28. The molecule has 0 unspecified atom stereocenters. The second-order valence-electron chi connectivity index (χ2n) is 7.31. The van der Waals surface area contributed by atoms with Gasteiger partial charge in [0.05, 0.1) is 18.5 Å². The monoisotopic (exact) mass is 451 g/mol. The fourth-order valence-electron chi connectivity index (χ4n) is 3.52. The fraction of sp³-hybridized carbons (Fsp3) is 0.250. The molecule has 160 valence electrons. The van der Waals surface area contributed by atoms with Crippen molar-refractivity contribution in [3.8, 4) is 5.75 Å². The Morgan fingerprint density at radius 1 is 1.13 bits per heavy atom. The Bertz CT molecular complexity index is 1120. The minimum atomic E-state index is -0.0327. The van der Waals surface area contributed by atoms with Gasteiger partial charge in [0.25, 0.3) is 5.91 Å². The molecule has 0 aliphatic carbocycles. The Kier molecular flexibility index (Phi) is 6.16. The molecule has 2 aromatic rings. The molecule has 1 amide bonds. The topological polar surface area (TPSA) is 45.1 Å². The summed E-state index contributed by atoms with van der Waals surface area (Å²) in [7, 11) is 1.67. The van der Waals surface area contributed by atoms with Gasteiger partial charge in [0.1, 0.15) is 15.7 Å². The predicted molar refractivity (Wildman–Crippen MR) is 131 cm³/mol. The van der Waals surface area contributed by atoms with Gasteiger partial charge in [0.2, 0.25) is 0 Å². The van der Waals surface area contributed by atoms with Crippen LogP contribution >= 0.6 is 23.5 Å². The first-order valence-electron chi connectivity index (χ1n) is 10.1. The summed E-state index contributed by atoms with van der Waals surface area (Å²) in [5.41, 5.74) is 4.17. The molecular weight excluding hydrogens is 426 g/mol. The van der Waals surface area contributed by atoms with Crippen molar-refractivity contribution in [1.29, 1.82) is 0 Å². The average molecular weight is 452 g/mol. The smallest absolute Gasteiger partial charge is 0.269 e. The maximum absolute atomic E-state index is 13.4. The Labute approximate surface area is 191 Å². The molecule has 7 heteroatoms. The van der Waals surface area contributed by atoms with Crippen LogP contribution in [0.4, 0.5) is 11.4 Å². The van der Waals surface area contributed by atoms with E-state index in [2.05, 4.69) is 36.6 Å². The highest BCUT2D eigenvalue weighted by molar-refractivity contribution is 8.19. The van der Waals surface area contributed by atoms with Crippen molar-refractivity contribution in [3.63, 3.8) is 0 Å². The standard InChI is InChI=1S/C24H25N3O2S2/c1-6-12-27-22(28)21(31-24(27)25-18-13-15(3)8-9-16(18)4)23-26(7-2)19-14-17(29-5)10-11-20(19)30-23/h6,8-11,13-14H,1,7,12H2,2-5H3/b23-21-,25-24?. The summed E-state index contributed by atoms with van der Waals surface area (Å²) >= 11 is 3.06. The van der Waals surface area contributed by atoms with E-state index in [1.54, 1.807) is 29.8 Å². The maximum atomic E-state index is 13.4. The number of hydrogen-bond acceptors (Lipinski definition) is 6. The van der Waals surface area contributed by atoms with E-state index in [0.717, 1.165) is 44.7 Å². The van der Waals surface area contributed by atoms with Gasteiger partial charge in [-0.05, 0) is 61.9 Å². The van der Waals surface area contributed by atoms with Crippen LogP contribution in [0.5, 0.6) is 5.75 Å². The van der Waals surface area contributed by atoms with Crippen LogP contribution in [-0.2, 0) is 4.79 Å². The molecule has 4 rings (SSSR count). The number of hydrogen-bond donors (Lipinski definition) is 0. The first-order valence-corrected chi connectivity index (χ1v) is 11.7. The van der Waals surface area contributed by atoms with Crippen LogP contribution in [0, 0.1) is 13.8 Å². The molecule has 5 nitrogen and oxygen atoms in total. The van der Waals surface area contributed by atoms with Crippen LogP contribution in [0.25, 0.3) is 0 Å². The Morgan fingerprint density at radius 3 is 2.65 bits per heavy atom. The van der Waals surface area contributed by atoms with Crippen molar-refractivity contribution in [2.45, 2.75) is 25.7 Å². The van der Waals surface area contributed by atoms with Gasteiger partial charge in [-0.3, -0.25) is 9.69 Å². The minimum Gasteiger partial charge on any atom is -0.497 e. The largest absolute Gasteiger partial charge is 0.497 e. The Hall–Kier alpha value is -2.64. The van der Waals surface area contributed by atoms with Gasteiger partial charge in [0.15, 0.2) is 5.17 Å². The summed E-state index contributed by atoms with van der Waals surface area (Å²) in [5, 5.41) is 1.63. The molecule has 0 atom stereocenters. The van der Waals surface area contributed by atoms with Gasteiger partial charge in [-0.2, -0.15) is 0 Å². The highest BCUT2D eigenvalue weighted by atomic mass is 32.2. The van der Waals surface area contributed by atoms with Crippen LogP contribution in [0.2, 0.25) is 0 Å². The molecule has 0 bridgehead atoms. The number of nitrogens with zero attached hydrogens (tertiary/aromatic N) is 3. The normalized spacial score (nSPS) is 19.4. The zero-order chi connectivity index (χ0) is 22.1. The van der Waals surface area contributed by atoms with Gasteiger partial charge < -0.3 is 9.64 Å². The second kappa shape index (κ2) is 8.85. The molecule has 2 heterocycles. The number of amides is 1. The van der Waals surface area contributed by atoms with E-state index in [9.17, 15) is 4.79 Å². The number of rotatable bonds is 5. The number of aliphatic imine (C=N–C) groups is 1. The molecule has 2 aromatic carbocycles. The Balaban J connectivity index is 1.78. The predicted octanol–water partition coefficient (Wildman–Crippen LogP) is 5.86.